The number of nitrogens with one attached hydrogen (secondary N) is 1. The number of aliphatic hydroxyl groups is 1. The molecule has 0 atom stereocenters. The molecular formula is C23H23NO3. The quantitative estimate of drug-likeness (QED) is 0.497. The van der Waals surface area contributed by atoms with Crippen molar-refractivity contribution in [1.82, 2.24) is 0 Å². The summed E-state index contributed by atoms with van der Waals surface area (Å²) in [5.74, 6) is 1.46. The van der Waals surface area contributed by atoms with Crippen LogP contribution in [-0.2, 0) is 0 Å². The summed E-state index contributed by atoms with van der Waals surface area (Å²) >= 11 is 0. The first-order chi connectivity index (χ1) is 13.0. The van der Waals surface area contributed by atoms with Crippen LogP contribution in [0.15, 0.2) is 65.1 Å². The van der Waals surface area contributed by atoms with Crippen LogP contribution in [0.1, 0.15) is 13.8 Å². The minimum atomic E-state index is -0.501. The first kappa shape index (κ1) is 17.4. The number of benzene rings is 3. The predicted octanol–water partition coefficient (Wildman–Crippen LogP) is 5.44. The van der Waals surface area contributed by atoms with E-state index in [4.69, 9.17) is 9.15 Å². The van der Waals surface area contributed by atoms with Crippen molar-refractivity contribution in [2.45, 2.75) is 19.4 Å². The second kappa shape index (κ2) is 6.63. The van der Waals surface area contributed by atoms with Gasteiger partial charge in [-0.15, -0.1) is 0 Å². The molecule has 1 heterocycles. The Kier molecular flexibility index (Phi) is 4.28. The van der Waals surface area contributed by atoms with Gasteiger partial charge in [0.15, 0.2) is 5.76 Å². The molecule has 4 rings (SSSR count). The molecule has 1 aromatic heterocycles. The van der Waals surface area contributed by atoms with Crippen LogP contribution in [-0.4, -0.2) is 24.4 Å². The number of ether oxygens (including phenoxy) is 1. The van der Waals surface area contributed by atoms with Gasteiger partial charge in [-0.1, -0.05) is 42.5 Å². The molecule has 0 aliphatic rings. The van der Waals surface area contributed by atoms with Gasteiger partial charge < -0.3 is 19.6 Å². The van der Waals surface area contributed by atoms with Gasteiger partial charge >= 0.3 is 0 Å². The first-order valence-electron chi connectivity index (χ1n) is 9.01. The number of para-hydroxylation sites is 1. The van der Waals surface area contributed by atoms with Crippen LogP contribution in [0.2, 0.25) is 0 Å². The number of aliphatic hydroxyl groups excluding tert-OH is 1. The molecule has 27 heavy (non-hydrogen) atoms. The predicted molar refractivity (Wildman–Crippen MR) is 110 cm³/mol. The molecule has 0 radical (unpaired) electrons. The molecule has 0 saturated carbocycles. The fourth-order valence-corrected chi connectivity index (χ4v) is 3.38. The summed E-state index contributed by atoms with van der Waals surface area (Å²) < 4.78 is 12.0. The fraction of sp³-hybridized carbons (Fsp3) is 0.217. The van der Waals surface area contributed by atoms with Crippen LogP contribution in [0.3, 0.4) is 0 Å². The van der Waals surface area contributed by atoms with Gasteiger partial charge in [-0.25, -0.2) is 0 Å². The third-order valence-electron chi connectivity index (χ3n) is 4.79. The van der Waals surface area contributed by atoms with E-state index in [-0.39, 0.29) is 6.61 Å². The lowest BCUT2D eigenvalue weighted by molar-refractivity contribution is 0.234. The van der Waals surface area contributed by atoms with E-state index in [0.29, 0.717) is 5.76 Å². The van der Waals surface area contributed by atoms with Gasteiger partial charge in [0.05, 0.1) is 30.5 Å². The molecule has 0 saturated heterocycles. The third kappa shape index (κ3) is 3.02. The summed E-state index contributed by atoms with van der Waals surface area (Å²) in [6, 6.07) is 20.1. The Bertz CT molecular complexity index is 1110. The highest BCUT2D eigenvalue weighted by atomic mass is 16.5. The van der Waals surface area contributed by atoms with Gasteiger partial charge in [0.1, 0.15) is 11.3 Å². The van der Waals surface area contributed by atoms with Crippen molar-refractivity contribution in [2.24, 2.45) is 0 Å². The fourth-order valence-electron chi connectivity index (χ4n) is 3.38. The summed E-state index contributed by atoms with van der Waals surface area (Å²) in [5.41, 5.74) is 2.06. The van der Waals surface area contributed by atoms with E-state index < -0.39 is 5.54 Å². The van der Waals surface area contributed by atoms with E-state index in [9.17, 15) is 5.11 Å². The van der Waals surface area contributed by atoms with Crippen molar-refractivity contribution in [3.63, 3.8) is 0 Å². The standard InChI is InChI=1S/C23H23NO3/c1-23(2,14-25)24-21-17-10-6-7-11-18(17)27-22(21)20-16-9-5-4-8-15(16)12-13-19(20)26-3/h4-13,24-25H,14H2,1-3H3. The molecule has 3 aromatic carbocycles. The maximum absolute atomic E-state index is 9.78. The molecule has 4 aromatic rings. The smallest absolute Gasteiger partial charge is 0.162 e. The maximum Gasteiger partial charge on any atom is 0.162 e. The van der Waals surface area contributed by atoms with E-state index in [1.807, 2.05) is 62.4 Å². The monoisotopic (exact) mass is 361 g/mol. The molecule has 0 aliphatic carbocycles. The topological polar surface area (TPSA) is 54.6 Å². The average molecular weight is 361 g/mol. The molecule has 2 N–H and O–H groups in total. The van der Waals surface area contributed by atoms with Gasteiger partial charge in [-0.05, 0) is 42.8 Å². The number of hydrogen-bond donors (Lipinski definition) is 2. The SMILES string of the molecule is COc1ccc2ccccc2c1-c1oc2ccccc2c1NC(C)(C)CO. The highest BCUT2D eigenvalue weighted by molar-refractivity contribution is 6.07. The molecule has 0 bridgehead atoms. The van der Waals surface area contributed by atoms with Crippen LogP contribution in [0.25, 0.3) is 33.1 Å². The number of methoxy groups -OCH3 is 1. The lowest BCUT2D eigenvalue weighted by Crippen LogP contribution is -2.35. The molecule has 0 fully saturated rings. The van der Waals surface area contributed by atoms with E-state index in [2.05, 4.69) is 17.4 Å². The van der Waals surface area contributed by atoms with Crippen LogP contribution < -0.4 is 10.1 Å². The minimum Gasteiger partial charge on any atom is -0.496 e. The van der Waals surface area contributed by atoms with Crippen LogP contribution in [0.4, 0.5) is 5.69 Å². The van der Waals surface area contributed by atoms with Crippen molar-refractivity contribution in [2.75, 3.05) is 19.0 Å². The Morgan fingerprint density at radius 1 is 0.963 bits per heavy atom. The van der Waals surface area contributed by atoms with E-state index in [1.54, 1.807) is 7.11 Å². The van der Waals surface area contributed by atoms with Gasteiger partial charge in [0.2, 0.25) is 0 Å². The second-order valence-electron chi connectivity index (χ2n) is 7.33. The maximum atomic E-state index is 9.78. The summed E-state index contributed by atoms with van der Waals surface area (Å²) in [6.07, 6.45) is 0. The zero-order valence-electron chi connectivity index (χ0n) is 15.7. The van der Waals surface area contributed by atoms with E-state index >= 15 is 0 Å². The lowest BCUT2D eigenvalue weighted by atomic mass is 9.99. The van der Waals surface area contributed by atoms with Gasteiger partial charge in [-0.3, -0.25) is 0 Å². The molecule has 0 unspecified atom stereocenters. The number of furan rings is 1. The number of fused-ring (bicyclic) bond motifs is 2. The second-order valence-corrected chi connectivity index (χ2v) is 7.33. The number of hydrogen-bond acceptors (Lipinski definition) is 4. The van der Waals surface area contributed by atoms with Crippen molar-refractivity contribution in [3.8, 4) is 17.1 Å². The minimum absolute atomic E-state index is 0.00137. The highest BCUT2D eigenvalue weighted by Gasteiger charge is 2.25. The van der Waals surface area contributed by atoms with Crippen molar-refractivity contribution < 1.29 is 14.3 Å². The summed E-state index contributed by atoms with van der Waals surface area (Å²) in [6.45, 7) is 3.91. The Morgan fingerprint density at radius 2 is 1.67 bits per heavy atom. The average Bonchev–Trinajstić information content (AvgIpc) is 3.04. The van der Waals surface area contributed by atoms with Crippen LogP contribution in [0.5, 0.6) is 5.75 Å². The van der Waals surface area contributed by atoms with Gasteiger partial charge in [0.25, 0.3) is 0 Å². The molecule has 0 amide bonds. The normalized spacial score (nSPS) is 11.9. The summed E-state index contributed by atoms with van der Waals surface area (Å²) in [7, 11) is 1.67. The molecule has 0 aliphatic heterocycles. The largest absolute Gasteiger partial charge is 0.496 e. The third-order valence-corrected chi connectivity index (χ3v) is 4.79. The molecular weight excluding hydrogens is 338 g/mol. The van der Waals surface area contributed by atoms with Crippen molar-refractivity contribution in [3.05, 3.63) is 60.7 Å². The van der Waals surface area contributed by atoms with Gasteiger partial charge in [-0.2, -0.15) is 0 Å². The Morgan fingerprint density at radius 3 is 2.41 bits per heavy atom. The van der Waals surface area contributed by atoms with E-state index in [0.717, 1.165) is 38.7 Å². The molecule has 0 spiro atoms. The number of rotatable bonds is 5. The molecule has 4 heteroatoms. The zero-order chi connectivity index (χ0) is 19.0. The van der Waals surface area contributed by atoms with Crippen LogP contribution >= 0.6 is 0 Å². The Labute approximate surface area is 158 Å². The highest BCUT2D eigenvalue weighted by Crippen LogP contribution is 2.45. The summed E-state index contributed by atoms with van der Waals surface area (Å²) in [4.78, 5) is 0. The Balaban J connectivity index is 2.07. The van der Waals surface area contributed by atoms with Crippen LogP contribution in [0, 0.1) is 0 Å². The Hall–Kier alpha value is -2.98. The van der Waals surface area contributed by atoms with E-state index in [1.165, 1.54) is 0 Å². The van der Waals surface area contributed by atoms with Crippen molar-refractivity contribution >= 4 is 27.4 Å². The lowest BCUT2D eigenvalue weighted by Gasteiger charge is -2.25. The molecule has 138 valence electrons. The van der Waals surface area contributed by atoms with Crippen molar-refractivity contribution in [1.29, 1.82) is 0 Å². The summed E-state index contributed by atoms with van der Waals surface area (Å²) in [5, 5.41) is 16.4. The van der Waals surface area contributed by atoms with Gasteiger partial charge in [0, 0.05) is 5.39 Å². The number of anilines is 1. The molecule has 4 nitrogen and oxygen atoms in total. The zero-order valence-corrected chi connectivity index (χ0v) is 15.7. The first-order valence-corrected chi connectivity index (χ1v) is 9.01.